The van der Waals surface area contributed by atoms with Crippen LogP contribution < -0.4 is 0 Å². The fourth-order valence-corrected chi connectivity index (χ4v) is 3.31. The van der Waals surface area contributed by atoms with Crippen molar-refractivity contribution in [2.45, 2.75) is 39.0 Å². The van der Waals surface area contributed by atoms with Crippen molar-refractivity contribution in [2.75, 3.05) is 19.7 Å². The number of carbonyl (C=O) groups is 1. The number of hydrogen-bond donors (Lipinski definition) is 1. The predicted molar refractivity (Wildman–Crippen MR) is 86.7 cm³/mol. The zero-order valence-corrected chi connectivity index (χ0v) is 13.7. The number of likely N-dealkylation sites (tertiary alicyclic amines) is 1. The predicted octanol–water partition coefficient (Wildman–Crippen LogP) is 2.16. The normalized spacial score (nSPS) is 21.9. The Labute approximate surface area is 132 Å². The van der Waals surface area contributed by atoms with Crippen molar-refractivity contribution in [1.82, 2.24) is 14.7 Å². The molecule has 1 N–H and O–H groups in total. The number of carbonyl (C=O) groups excluding carboxylic acids is 1. The second kappa shape index (κ2) is 7.09. The molecule has 1 saturated heterocycles. The fourth-order valence-electron chi connectivity index (χ4n) is 3.31. The molecule has 122 valence electrons. The van der Waals surface area contributed by atoms with Crippen molar-refractivity contribution < 1.29 is 9.90 Å². The molecule has 1 aromatic heterocycles. The molecule has 1 fully saturated rings. The summed E-state index contributed by atoms with van der Waals surface area (Å²) in [5.41, 5.74) is 1.36. The molecule has 0 aliphatic carbocycles. The monoisotopic (exact) mass is 305 g/mol. The Morgan fingerprint density at radius 2 is 2.36 bits per heavy atom. The van der Waals surface area contributed by atoms with Crippen LogP contribution in [0, 0.1) is 5.41 Å². The van der Waals surface area contributed by atoms with E-state index in [0.717, 1.165) is 44.3 Å². The van der Waals surface area contributed by atoms with Gasteiger partial charge in [0.2, 0.25) is 0 Å². The number of rotatable bonds is 6. The van der Waals surface area contributed by atoms with Crippen molar-refractivity contribution >= 4 is 5.91 Å². The molecule has 0 saturated carbocycles. The van der Waals surface area contributed by atoms with E-state index in [1.54, 1.807) is 4.68 Å². The molecular formula is C17H27N3O2. The van der Waals surface area contributed by atoms with Crippen molar-refractivity contribution in [3.05, 3.63) is 30.1 Å². The van der Waals surface area contributed by atoms with Crippen LogP contribution in [0.2, 0.25) is 0 Å². The Bertz CT molecular complexity index is 538. The minimum absolute atomic E-state index is 0.0129. The van der Waals surface area contributed by atoms with Gasteiger partial charge in [0.05, 0.1) is 12.3 Å². The number of allylic oxidation sites excluding steroid dienone is 1. The number of hydrogen-bond acceptors (Lipinski definition) is 3. The average molecular weight is 305 g/mol. The highest BCUT2D eigenvalue weighted by Gasteiger charge is 2.36. The minimum atomic E-state index is -0.236. The van der Waals surface area contributed by atoms with Crippen molar-refractivity contribution in [1.29, 1.82) is 0 Å². The highest BCUT2D eigenvalue weighted by atomic mass is 16.3. The number of aromatic nitrogens is 2. The van der Waals surface area contributed by atoms with Crippen LogP contribution in [0.3, 0.4) is 0 Å². The Hall–Kier alpha value is -1.62. The first-order valence-electron chi connectivity index (χ1n) is 8.09. The molecule has 0 aromatic carbocycles. The zero-order chi connectivity index (χ0) is 16.2. The molecule has 2 rings (SSSR count). The third-order valence-electron chi connectivity index (χ3n) is 4.52. The van der Waals surface area contributed by atoms with Gasteiger partial charge in [-0.25, -0.2) is 0 Å². The first kappa shape index (κ1) is 16.7. The summed E-state index contributed by atoms with van der Waals surface area (Å²) in [5, 5.41) is 14.2. The van der Waals surface area contributed by atoms with E-state index < -0.39 is 0 Å². The topological polar surface area (TPSA) is 58.4 Å². The molecule has 2 heterocycles. The average Bonchev–Trinajstić information content (AvgIpc) is 2.88. The second-order valence-electron chi connectivity index (χ2n) is 6.38. The van der Waals surface area contributed by atoms with Gasteiger partial charge in [-0.1, -0.05) is 19.4 Å². The smallest absolute Gasteiger partial charge is 0.272 e. The summed E-state index contributed by atoms with van der Waals surface area (Å²) in [6.45, 7) is 7.31. The maximum Gasteiger partial charge on any atom is 0.272 e. The summed E-state index contributed by atoms with van der Waals surface area (Å²) in [6, 6.07) is 1.90. The minimum Gasteiger partial charge on any atom is -0.396 e. The van der Waals surface area contributed by atoms with Crippen LogP contribution in [0.15, 0.2) is 18.7 Å². The van der Waals surface area contributed by atoms with Crippen LogP contribution in [0.25, 0.3) is 0 Å². The zero-order valence-electron chi connectivity index (χ0n) is 13.7. The van der Waals surface area contributed by atoms with E-state index in [1.807, 2.05) is 24.1 Å². The fraction of sp³-hybridized carbons (Fsp3) is 0.647. The lowest BCUT2D eigenvalue weighted by Gasteiger charge is -2.41. The molecule has 0 bridgehead atoms. The van der Waals surface area contributed by atoms with Gasteiger partial charge in [0.1, 0.15) is 5.69 Å². The SMILES string of the molecule is C=CC[C@]1(CO)CCCN(C(=O)c2cc(CCC)nn2C)C1. The van der Waals surface area contributed by atoms with Crippen LogP contribution in [0.5, 0.6) is 0 Å². The molecule has 1 aliphatic rings. The summed E-state index contributed by atoms with van der Waals surface area (Å²) in [4.78, 5) is 14.7. The largest absolute Gasteiger partial charge is 0.396 e. The maximum atomic E-state index is 12.8. The van der Waals surface area contributed by atoms with Crippen molar-refractivity contribution in [3.63, 3.8) is 0 Å². The number of aryl methyl sites for hydroxylation is 2. The summed E-state index contributed by atoms with van der Waals surface area (Å²) < 4.78 is 1.68. The lowest BCUT2D eigenvalue weighted by Crippen LogP contribution is -2.48. The number of aliphatic hydroxyl groups is 1. The molecule has 1 aromatic rings. The molecule has 5 heteroatoms. The number of aliphatic hydroxyl groups excluding tert-OH is 1. The summed E-state index contributed by atoms with van der Waals surface area (Å²) in [5.74, 6) is 0.0129. The van der Waals surface area contributed by atoms with E-state index in [2.05, 4.69) is 18.6 Å². The van der Waals surface area contributed by atoms with Gasteiger partial charge < -0.3 is 10.0 Å². The first-order valence-corrected chi connectivity index (χ1v) is 8.09. The Morgan fingerprint density at radius 1 is 1.59 bits per heavy atom. The van der Waals surface area contributed by atoms with Crippen LogP contribution in [-0.4, -0.2) is 45.4 Å². The van der Waals surface area contributed by atoms with Crippen LogP contribution >= 0.6 is 0 Å². The summed E-state index contributed by atoms with van der Waals surface area (Å²) >= 11 is 0. The van der Waals surface area contributed by atoms with E-state index >= 15 is 0 Å². The number of amides is 1. The van der Waals surface area contributed by atoms with Crippen LogP contribution in [0.4, 0.5) is 0 Å². The Kier molecular flexibility index (Phi) is 5.40. The molecule has 0 radical (unpaired) electrons. The number of nitrogens with zero attached hydrogens (tertiary/aromatic N) is 3. The lowest BCUT2D eigenvalue weighted by molar-refractivity contribution is 0.0278. The van der Waals surface area contributed by atoms with Gasteiger partial charge in [-0.3, -0.25) is 9.48 Å². The molecule has 0 spiro atoms. The Morgan fingerprint density at radius 3 is 3.00 bits per heavy atom. The van der Waals surface area contributed by atoms with Gasteiger partial charge in [0.15, 0.2) is 0 Å². The maximum absolute atomic E-state index is 12.8. The van der Waals surface area contributed by atoms with E-state index in [9.17, 15) is 9.90 Å². The van der Waals surface area contributed by atoms with Crippen molar-refractivity contribution in [2.24, 2.45) is 12.5 Å². The first-order chi connectivity index (χ1) is 10.5. The van der Waals surface area contributed by atoms with E-state index in [1.165, 1.54) is 0 Å². The van der Waals surface area contributed by atoms with E-state index in [4.69, 9.17) is 0 Å². The third kappa shape index (κ3) is 3.40. The Balaban J connectivity index is 2.16. The molecular weight excluding hydrogens is 278 g/mol. The van der Waals surface area contributed by atoms with E-state index in [0.29, 0.717) is 12.2 Å². The van der Waals surface area contributed by atoms with Gasteiger partial charge in [-0.15, -0.1) is 6.58 Å². The van der Waals surface area contributed by atoms with Crippen LogP contribution in [-0.2, 0) is 13.5 Å². The third-order valence-corrected chi connectivity index (χ3v) is 4.52. The molecule has 22 heavy (non-hydrogen) atoms. The second-order valence-corrected chi connectivity index (χ2v) is 6.38. The quantitative estimate of drug-likeness (QED) is 0.819. The van der Waals surface area contributed by atoms with Crippen LogP contribution in [0.1, 0.15) is 48.8 Å². The van der Waals surface area contributed by atoms with Gasteiger partial charge in [0, 0.05) is 25.6 Å². The molecule has 1 aliphatic heterocycles. The van der Waals surface area contributed by atoms with Gasteiger partial charge in [0.25, 0.3) is 5.91 Å². The standard InChI is InChI=1S/C17H27N3O2/c1-4-7-14-11-15(19(3)18-14)16(22)20-10-6-9-17(12-20,13-21)8-5-2/h5,11,21H,2,4,6-10,12-13H2,1,3H3/t17-/m0/s1. The molecule has 0 unspecified atom stereocenters. The molecule has 1 atom stereocenters. The highest BCUT2D eigenvalue weighted by Crippen LogP contribution is 2.34. The summed E-state index contributed by atoms with van der Waals surface area (Å²) in [6.07, 6.45) is 6.33. The number of piperidine rings is 1. The van der Waals surface area contributed by atoms with E-state index in [-0.39, 0.29) is 17.9 Å². The van der Waals surface area contributed by atoms with Gasteiger partial charge in [-0.2, -0.15) is 5.10 Å². The van der Waals surface area contributed by atoms with Gasteiger partial charge >= 0.3 is 0 Å². The van der Waals surface area contributed by atoms with Crippen molar-refractivity contribution in [3.8, 4) is 0 Å². The molecule has 5 nitrogen and oxygen atoms in total. The lowest BCUT2D eigenvalue weighted by atomic mass is 9.78. The summed E-state index contributed by atoms with van der Waals surface area (Å²) in [7, 11) is 1.82. The highest BCUT2D eigenvalue weighted by molar-refractivity contribution is 5.92. The molecule has 1 amide bonds. The van der Waals surface area contributed by atoms with Gasteiger partial charge in [-0.05, 0) is 31.7 Å².